The Morgan fingerprint density at radius 3 is 2.65 bits per heavy atom. The van der Waals surface area contributed by atoms with Gasteiger partial charge < -0.3 is 15.1 Å². The second-order valence-corrected chi connectivity index (χ2v) is 5.89. The lowest BCUT2D eigenvalue weighted by Crippen LogP contribution is -2.36. The molecule has 0 atom stereocenters. The van der Waals surface area contributed by atoms with E-state index in [1.54, 1.807) is 0 Å². The van der Waals surface area contributed by atoms with E-state index in [0.29, 0.717) is 24.9 Å². The number of aryl methyl sites for hydroxylation is 2. The Morgan fingerprint density at radius 1 is 1.15 bits per heavy atom. The third-order valence-corrected chi connectivity index (χ3v) is 3.89. The van der Waals surface area contributed by atoms with E-state index in [2.05, 4.69) is 25.7 Å². The number of guanidine groups is 1. The molecule has 0 saturated carbocycles. The summed E-state index contributed by atoms with van der Waals surface area (Å²) < 4.78 is 7.44. The summed E-state index contributed by atoms with van der Waals surface area (Å²) in [7, 11) is 0. The number of benzene rings is 1. The minimum atomic E-state index is 0.485. The summed E-state index contributed by atoms with van der Waals surface area (Å²) in [6, 6.07) is 12.0. The van der Waals surface area contributed by atoms with Gasteiger partial charge in [0.15, 0.2) is 5.96 Å². The van der Waals surface area contributed by atoms with Crippen molar-refractivity contribution in [2.75, 3.05) is 6.54 Å². The summed E-state index contributed by atoms with van der Waals surface area (Å²) in [5.74, 6) is 2.20. The van der Waals surface area contributed by atoms with Crippen LogP contribution in [-0.4, -0.2) is 27.3 Å². The minimum Gasteiger partial charge on any atom is -0.444 e. The molecule has 0 spiro atoms. The monoisotopic (exact) mass is 352 g/mol. The zero-order chi connectivity index (χ0) is 18.4. The average Bonchev–Trinajstić information content (AvgIpc) is 3.25. The topological polar surface area (TPSA) is 80.3 Å². The fraction of sp³-hybridized carbons (Fsp3) is 0.316. The van der Waals surface area contributed by atoms with Gasteiger partial charge in [0, 0.05) is 12.7 Å². The van der Waals surface area contributed by atoms with Crippen molar-refractivity contribution in [3.8, 4) is 5.69 Å². The Hall–Kier alpha value is -3.09. The molecule has 2 aromatic heterocycles. The van der Waals surface area contributed by atoms with Crippen LogP contribution in [0.4, 0.5) is 0 Å². The summed E-state index contributed by atoms with van der Waals surface area (Å²) in [5.41, 5.74) is 2.84. The van der Waals surface area contributed by atoms with Gasteiger partial charge in [-0.1, -0.05) is 18.2 Å². The lowest BCUT2D eigenvalue weighted by atomic mass is 10.3. The fourth-order valence-corrected chi connectivity index (χ4v) is 2.45. The van der Waals surface area contributed by atoms with Crippen LogP contribution in [0.2, 0.25) is 0 Å². The minimum absolute atomic E-state index is 0.485. The van der Waals surface area contributed by atoms with Crippen molar-refractivity contribution >= 4 is 5.96 Å². The van der Waals surface area contributed by atoms with Crippen LogP contribution in [0.5, 0.6) is 0 Å². The van der Waals surface area contributed by atoms with Gasteiger partial charge in [-0.05, 0) is 39.0 Å². The normalized spacial score (nSPS) is 11.6. The lowest BCUT2D eigenvalue weighted by Gasteiger charge is -2.09. The molecule has 0 radical (unpaired) electrons. The van der Waals surface area contributed by atoms with Crippen molar-refractivity contribution < 1.29 is 4.42 Å². The molecule has 0 fully saturated rings. The van der Waals surface area contributed by atoms with Crippen LogP contribution in [0, 0.1) is 13.8 Å². The maximum Gasteiger partial charge on any atom is 0.214 e. The van der Waals surface area contributed by atoms with Crippen molar-refractivity contribution in [1.29, 1.82) is 0 Å². The van der Waals surface area contributed by atoms with Crippen LogP contribution < -0.4 is 10.6 Å². The van der Waals surface area contributed by atoms with Crippen molar-refractivity contribution in [2.45, 2.75) is 33.9 Å². The smallest absolute Gasteiger partial charge is 0.214 e. The summed E-state index contributed by atoms with van der Waals surface area (Å²) in [6.45, 7) is 7.62. The number of nitrogens with zero attached hydrogens (tertiary/aromatic N) is 4. The number of para-hydroxylation sites is 1. The van der Waals surface area contributed by atoms with E-state index in [4.69, 9.17) is 4.42 Å². The molecular formula is C19H24N6O. The number of oxazole rings is 1. The zero-order valence-corrected chi connectivity index (χ0v) is 15.4. The fourth-order valence-electron chi connectivity index (χ4n) is 2.45. The summed E-state index contributed by atoms with van der Waals surface area (Å²) >= 11 is 0. The van der Waals surface area contributed by atoms with E-state index in [-0.39, 0.29) is 0 Å². The molecule has 1 aromatic carbocycles. The predicted octanol–water partition coefficient (Wildman–Crippen LogP) is 2.73. The first-order chi connectivity index (χ1) is 12.7. The maximum atomic E-state index is 5.59. The van der Waals surface area contributed by atoms with Crippen molar-refractivity contribution in [3.05, 3.63) is 65.6 Å². The molecule has 136 valence electrons. The SMILES string of the molecule is CCNC(=NCc1ccn(-c2ccccc2)n1)NCc1nc(C)c(C)o1. The van der Waals surface area contributed by atoms with Crippen LogP contribution >= 0.6 is 0 Å². The molecule has 2 N–H and O–H groups in total. The standard InChI is InChI=1S/C19H24N6O/c1-4-20-19(22-13-18-23-14(2)15(3)26-18)21-12-16-10-11-25(24-16)17-8-6-5-7-9-17/h5-11H,4,12-13H2,1-3H3,(H2,20,21,22). The third kappa shape index (κ3) is 4.50. The average molecular weight is 352 g/mol. The molecule has 0 amide bonds. The Morgan fingerprint density at radius 2 is 1.96 bits per heavy atom. The molecule has 0 aliphatic rings. The third-order valence-electron chi connectivity index (χ3n) is 3.89. The van der Waals surface area contributed by atoms with E-state index < -0.39 is 0 Å². The summed E-state index contributed by atoms with van der Waals surface area (Å²) in [5, 5.41) is 11.0. The first-order valence-electron chi connectivity index (χ1n) is 8.70. The number of aliphatic imine (C=N–C) groups is 1. The van der Waals surface area contributed by atoms with Gasteiger partial charge in [0.05, 0.1) is 30.2 Å². The molecule has 0 unspecified atom stereocenters. The summed E-state index contributed by atoms with van der Waals surface area (Å²) in [4.78, 5) is 8.95. The second kappa shape index (κ2) is 8.33. The maximum absolute atomic E-state index is 5.59. The highest BCUT2D eigenvalue weighted by Crippen LogP contribution is 2.08. The zero-order valence-electron chi connectivity index (χ0n) is 15.4. The van der Waals surface area contributed by atoms with Crippen molar-refractivity contribution in [1.82, 2.24) is 25.4 Å². The first-order valence-corrected chi connectivity index (χ1v) is 8.70. The van der Waals surface area contributed by atoms with Crippen molar-refractivity contribution in [2.24, 2.45) is 4.99 Å². The molecule has 7 nitrogen and oxygen atoms in total. The van der Waals surface area contributed by atoms with Gasteiger partial charge in [-0.25, -0.2) is 14.7 Å². The quantitative estimate of drug-likeness (QED) is 0.527. The summed E-state index contributed by atoms with van der Waals surface area (Å²) in [6.07, 6.45) is 1.94. The molecule has 3 aromatic rings. The Kier molecular flexibility index (Phi) is 5.68. The molecule has 3 rings (SSSR count). The van der Waals surface area contributed by atoms with Crippen LogP contribution in [-0.2, 0) is 13.1 Å². The van der Waals surface area contributed by atoms with Gasteiger partial charge in [-0.2, -0.15) is 5.10 Å². The first kappa shape index (κ1) is 17.7. The Bertz CT molecular complexity index is 846. The van der Waals surface area contributed by atoms with Gasteiger partial charge in [0.1, 0.15) is 5.76 Å². The van der Waals surface area contributed by atoms with Gasteiger partial charge in [-0.15, -0.1) is 0 Å². The van der Waals surface area contributed by atoms with Crippen LogP contribution in [0.3, 0.4) is 0 Å². The number of hydrogen-bond donors (Lipinski definition) is 2. The van der Waals surface area contributed by atoms with Crippen molar-refractivity contribution in [3.63, 3.8) is 0 Å². The molecule has 0 aliphatic carbocycles. The van der Waals surface area contributed by atoms with E-state index in [0.717, 1.165) is 29.4 Å². The van der Waals surface area contributed by atoms with Gasteiger partial charge in [0.25, 0.3) is 0 Å². The van der Waals surface area contributed by atoms with Crippen LogP contribution in [0.15, 0.2) is 52.0 Å². The highest BCUT2D eigenvalue weighted by Gasteiger charge is 2.07. The van der Waals surface area contributed by atoms with Gasteiger partial charge >= 0.3 is 0 Å². The molecule has 7 heteroatoms. The van der Waals surface area contributed by atoms with Crippen LogP contribution in [0.25, 0.3) is 5.69 Å². The van der Waals surface area contributed by atoms with E-state index in [9.17, 15) is 0 Å². The molecule has 26 heavy (non-hydrogen) atoms. The largest absolute Gasteiger partial charge is 0.444 e. The number of hydrogen-bond acceptors (Lipinski definition) is 4. The van der Waals surface area contributed by atoms with Gasteiger partial charge in [-0.3, -0.25) is 0 Å². The van der Waals surface area contributed by atoms with Gasteiger partial charge in [0.2, 0.25) is 5.89 Å². The highest BCUT2D eigenvalue weighted by atomic mass is 16.4. The molecular weight excluding hydrogens is 328 g/mol. The molecule has 0 aliphatic heterocycles. The predicted molar refractivity (Wildman–Crippen MR) is 101 cm³/mol. The van der Waals surface area contributed by atoms with E-state index in [1.807, 2.05) is 68.0 Å². The lowest BCUT2D eigenvalue weighted by molar-refractivity contribution is 0.463. The van der Waals surface area contributed by atoms with E-state index >= 15 is 0 Å². The van der Waals surface area contributed by atoms with E-state index in [1.165, 1.54) is 0 Å². The highest BCUT2D eigenvalue weighted by molar-refractivity contribution is 5.79. The Labute approximate surface area is 153 Å². The number of rotatable bonds is 6. The number of nitrogens with one attached hydrogen (secondary N) is 2. The molecule has 0 bridgehead atoms. The Balaban J connectivity index is 1.63. The second-order valence-electron chi connectivity index (χ2n) is 5.89. The molecule has 0 saturated heterocycles. The number of aromatic nitrogens is 3. The van der Waals surface area contributed by atoms with Crippen LogP contribution in [0.1, 0.15) is 30.0 Å². The molecule has 2 heterocycles.